The topological polar surface area (TPSA) is 53.5 Å². The number of rotatable bonds is 5. The number of nitrogens with one attached hydrogen (secondary N) is 2. The summed E-state index contributed by atoms with van der Waals surface area (Å²) in [5.74, 6) is -0.680. The standard InChI is InChI=1S/C17H18FN3O/c1-12-6-5-8-15(10-12)20-13(2)17(22)21-19-11-14-7-3-4-9-16(14)18/h3-11,13,20H,1-2H3,(H,21,22)/b19-11-/t13-/m1/s1. The Hall–Kier alpha value is -2.69. The van der Waals surface area contributed by atoms with Crippen molar-refractivity contribution in [2.24, 2.45) is 5.10 Å². The Balaban J connectivity index is 1.90. The maximum absolute atomic E-state index is 13.4. The van der Waals surface area contributed by atoms with E-state index < -0.39 is 6.04 Å². The van der Waals surface area contributed by atoms with Crippen molar-refractivity contribution >= 4 is 17.8 Å². The number of carbonyl (C=O) groups excluding carboxylic acids is 1. The molecule has 0 fully saturated rings. The van der Waals surface area contributed by atoms with Gasteiger partial charge in [-0.1, -0.05) is 30.3 Å². The first kappa shape index (κ1) is 15.7. The second kappa shape index (κ2) is 7.36. The molecule has 0 unspecified atom stereocenters. The van der Waals surface area contributed by atoms with Crippen LogP contribution in [0.25, 0.3) is 0 Å². The molecule has 0 saturated carbocycles. The summed E-state index contributed by atoms with van der Waals surface area (Å²) in [6, 6.07) is 13.5. The fourth-order valence-corrected chi connectivity index (χ4v) is 1.89. The molecule has 0 aliphatic rings. The van der Waals surface area contributed by atoms with Crippen LogP contribution in [0.5, 0.6) is 0 Å². The van der Waals surface area contributed by atoms with Crippen LogP contribution in [0.1, 0.15) is 18.1 Å². The van der Waals surface area contributed by atoms with E-state index in [2.05, 4.69) is 15.8 Å². The molecule has 0 aromatic heterocycles. The second-order valence-electron chi connectivity index (χ2n) is 4.99. The van der Waals surface area contributed by atoms with Crippen LogP contribution >= 0.6 is 0 Å². The monoisotopic (exact) mass is 299 g/mol. The molecule has 0 aliphatic heterocycles. The van der Waals surface area contributed by atoms with Crippen LogP contribution in [-0.2, 0) is 4.79 Å². The van der Waals surface area contributed by atoms with Gasteiger partial charge >= 0.3 is 0 Å². The average molecular weight is 299 g/mol. The number of hydrogen-bond acceptors (Lipinski definition) is 3. The van der Waals surface area contributed by atoms with Gasteiger partial charge in [-0.15, -0.1) is 0 Å². The minimum Gasteiger partial charge on any atom is -0.374 e. The highest BCUT2D eigenvalue weighted by Gasteiger charge is 2.11. The maximum Gasteiger partial charge on any atom is 0.262 e. The van der Waals surface area contributed by atoms with Crippen molar-refractivity contribution in [2.45, 2.75) is 19.9 Å². The zero-order valence-corrected chi connectivity index (χ0v) is 12.5. The Morgan fingerprint density at radius 2 is 2.00 bits per heavy atom. The molecule has 22 heavy (non-hydrogen) atoms. The molecule has 114 valence electrons. The number of halogens is 1. The van der Waals surface area contributed by atoms with Gasteiger partial charge in [-0.05, 0) is 37.6 Å². The molecule has 1 amide bonds. The fourth-order valence-electron chi connectivity index (χ4n) is 1.89. The summed E-state index contributed by atoms with van der Waals surface area (Å²) in [5.41, 5.74) is 4.68. The third-order valence-electron chi connectivity index (χ3n) is 3.08. The summed E-state index contributed by atoms with van der Waals surface area (Å²) in [7, 11) is 0. The largest absolute Gasteiger partial charge is 0.374 e. The van der Waals surface area contributed by atoms with Crippen molar-refractivity contribution in [3.63, 3.8) is 0 Å². The molecule has 0 radical (unpaired) electrons. The van der Waals surface area contributed by atoms with Crippen molar-refractivity contribution < 1.29 is 9.18 Å². The number of amides is 1. The lowest BCUT2D eigenvalue weighted by molar-refractivity contribution is -0.121. The highest BCUT2D eigenvalue weighted by Crippen LogP contribution is 2.10. The molecule has 2 aromatic carbocycles. The van der Waals surface area contributed by atoms with Gasteiger partial charge in [0, 0.05) is 11.3 Å². The fraction of sp³-hybridized carbons (Fsp3) is 0.176. The molecule has 4 nitrogen and oxygen atoms in total. The van der Waals surface area contributed by atoms with Crippen molar-refractivity contribution in [3.8, 4) is 0 Å². The summed E-state index contributed by atoms with van der Waals surface area (Å²) in [6.45, 7) is 3.71. The lowest BCUT2D eigenvalue weighted by Crippen LogP contribution is -2.34. The van der Waals surface area contributed by atoms with Gasteiger partial charge in [0.15, 0.2) is 0 Å². The SMILES string of the molecule is Cc1cccc(N[C@H](C)C(=O)N/N=C\c2ccccc2F)c1. The Morgan fingerprint density at radius 1 is 1.23 bits per heavy atom. The van der Waals surface area contributed by atoms with Gasteiger partial charge in [0.25, 0.3) is 5.91 Å². The third kappa shape index (κ3) is 4.41. The van der Waals surface area contributed by atoms with Crippen molar-refractivity contribution in [2.75, 3.05) is 5.32 Å². The van der Waals surface area contributed by atoms with E-state index in [1.165, 1.54) is 12.3 Å². The summed E-state index contributed by atoms with van der Waals surface area (Å²) < 4.78 is 13.4. The van der Waals surface area contributed by atoms with E-state index in [-0.39, 0.29) is 11.7 Å². The molecule has 1 atom stereocenters. The maximum atomic E-state index is 13.4. The predicted octanol–water partition coefficient (Wildman–Crippen LogP) is 3.08. The smallest absolute Gasteiger partial charge is 0.262 e. The molecule has 0 spiro atoms. The average Bonchev–Trinajstić information content (AvgIpc) is 2.49. The summed E-state index contributed by atoms with van der Waals surface area (Å²) in [6.07, 6.45) is 1.28. The van der Waals surface area contributed by atoms with Crippen LogP contribution in [0, 0.1) is 12.7 Å². The van der Waals surface area contributed by atoms with E-state index in [1.807, 2.05) is 31.2 Å². The lowest BCUT2D eigenvalue weighted by atomic mass is 10.2. The van der Waals surface area contributed by atoms with Gasteiger partial charge in [-0.3, -0.25) is 4.79 Å². The van der Waals surface area contributed by atoms with Crippen molar-refractivity contribution in [1.82, 2.24) is 5.43 Å². The van der Waals surface area contributed by atoms with Gasteiger partial charge < -0.3 is 5.32 Å². The number of anilines is 1. The normalized spacial score (nSPS) is 12.1. The van der Waals surface area contributed by atoms with Crippen LogP contribution in [0.3, 0.4) is 0 Å². The Kier molecular flexibility index (Phi) is 5.25. The van der Waals surface area contributed by atoms with E-state index >= 15 is 0 Å². The zero-order valence-electron chi connectivity index (χ0n) is 12.5. The molecule has 2 N–H and O–H groups in total. The zero-order chi connectivity index (χ0) is 15.9. The number of benzene rings is 2. The molecular weight excluding hydrogens is 281 g/mol. The number of nitrogens with zero attached hydrogens (tertiary/aromatic N) is 1. The van der Waals surface area contributed by atoms with Crippen LogP contribution < -0.4 is 10.7 Å². The van der Waals surface area contributed by atoms with Crippen molar-refractivity contribution in [3.05, 3.63) is 65.5 Å². The first-order valence-electron chi connectivity index (χ1n) is 6.97. The summed E-state index contributed by atoms with van der Waals surface area (Å²) in [4.78, 5) is 11.9. The van der Waals surface area contributed by atoms with Gasteiger partial charge in [0.1, 0.15) is 11.9 Å². The number of aryl methyl sites for hydroxylation is 1. The molecule has 5 heteroatoms. The summed E-state index contributed by atoms with van der Waals surface area (Å²) in [5, 5.41) is 6.86. The van der Waals surface area contributed by atoms with Crippen LogP contribution in [-0.4, -0.2) is 18.2 Å². The van der Waals surface area contributed by atoms with E-state index in [4.69, 9.17) is 0 Å². The Bertz CT molecular complexity index is 685. The van der Waals surface area contributed by atoms with Gasteiger partial charge in [-0.2, -0.15) is 5.10 Å². The highest BCUT2D eigenvalue weighted by molar-refractivity contribution is 5.86. The molecule has 0 heterocycles. The van der Waals surface area contributed by atoms with Crippen LogP contribution in [0.15, 0.2) is 53.6 Å². The van der Waals surface area contributed by atoms with Crippen molar-refractivity contribution in [1.29, 1.82) is 0 Å². The first-order chi connectivity index (χ1) is 10.6. The van der Waals surface area contributed by atoms with Gasteiger partial charge in [0.2, 0.25) is 0 Å². The van der Waals surface area contributed by atoms with E-state index in [1.54, 1.807) is 25.1 Å². The Morgan fingerprint density at radius 3 is 2.73 bits per heavy atom. The second-order valence-corrected chi connectivity index (χ2v) is 4.99. The molecule has 0 aliphatic carbocycles. The van der Waals surface area contributed by atoms with E-state index in [0.717, 1.165) is 11.3 Å². The van der Waals surface area contributed by atoms with Gasteiger partial charge in [-0.25, -0.2) is 9.82 Å². The number of hydrogen-bond donors (Lipinski definition) is 2. The van der Waals surface area contributed by atoms with E-state index in [0.29, 0.717) is 5.56 Å². The lowest BCUT2D eigenvalue weighted by Gasteiger charge is -2.13. The van der Waals surface area contributed by atoms with E-state index in [9.17, 15) is 9.18 Å². The number of carbonyl (C=O) groups is 1. The molecule has 2 aromatic rings. The predicted molar refractivity (Wildman–Crippen MR) is 86.4 cm³/mol. The molecule has 2 rings (SSSR count). The number of hydrazone groups is 1. The minimum absolute atomic E-state index is 0.297. The van der Waals surface area contributed by atoms with Crippen LogP contribution in [0.2, 0.25) is 0 Å². The quantitative estimate of drug-likeness (QED) is 0.658. The molecule has 0 saturated heterocycles. The first-order valence-corrected chi connectivity index (χ1v) is 6.97. The van der Waals surface area contributed by atoms with Gasteiger partial charge in [0.05, 0.1) is 6.21 Å². The minimum atomic E-state index is -0.459. The molecular formula is C17H18FN3O. The summed E-state index contributed by atoms with van der Waals surface area (Å²) >= 11 is 0. The molecule has 0 bridgehead atoms. The third-order valence-corrected chi connectivity index (χ3v) is 3.08. The Labute approximate surface area is 129 Å². The highest BCUT2D eigenvalue weighted by atomic mass is 19.1. The van der Waals surface area contributed by atoms with Crippen LogP contribution in [0.4, 0.5) is 10.1 Å².